The standard InChI is InChI=1S/C17H20N2O2S.C4H8O2/c1-3-20-15-9-5-13(6-10-15)18-17(22)19-14-7-11-16(12-8-14)21-4-2;1-3-6-4(2)5/h5-12H,3-4H2,1-2H3,(H2,18,19,22);3H2,1-2H3. The minimum absolute atomic E-state index is 0.211. The lowest BCUT2D eigenvalue weighted by Crippen LogP contribution is -2.18. The third kappa shape index (κ3) is 9.78. The lowest BCUT2D eigenvalue weighted by Gasteiger charge is -2.12. The molecule has 0 saturated carbocycles. The zero-order chi connectivity index (χ0) is 20.8. The number of carbonyl (C=O) groups excluding carboxylic acids is 1. The molecule has 0 fully saturated rings. The topological polar surface area (TPSA) is 68.8 Å². The van der Waals surface area contributed by atoms with Crippen LogP contribution in [0.15, 0.2) is 48.5 Å². The molecule has 2 N–H and O–H groups in total. The molecule has 0 aliphatic heterocycles. The highest BCUT2D eigenvalue weighted by Crippen LogP contribution is 2.18. The van der Waals surface area contributed by atoms with Crippen molar-refractivity contribution in [1.82, 2.24) is 0 Å². The summed E-state index contributed by atoms with van der Waals surface area (Å²) in [5, 5.41) is 6.80. The highest BCUT2D eigenvalue weighted by Gasteiger charge is 2.00. The molecule has 7 heteroatoms. The van der Waals surface area contributed by atoms with Crippen molar-refractivity contribution in [2.45, 2.75) is 27.7 Å². The first-order valence-electron chi connectivity index (χ1n) is 9.15. The van der Waals surface area contributed by atoms with Crippen LogP contribution in [0.25, 0.3) is 0 Å². The van der Waals surface area contributed by atoms with Crippen molar-refractivity contribution in [3.63, 3.8) is 0 Å². The highest BCUT2D eigenvalue weighted by molar-refractivity contribution is 7.80. The Hall–Kier alpha value is -2.80. The average molecular weight is 405 g/mol. The summed E-state index contributed by atoms with van der Waals surface area (Å²) >= 11 is 5.30. The Morgan fingerprint density at radius 2 is 1.18 bits per heavy atom. The van der Waals surface area contributed by atoms with Crippen LogP contribution in [-0.4, -0.2) is 30.9 Å². The van der Waals surface area contributed by atoms with Gasteiger partial charge in [-0.05, 0) is 81.5 Å². The fraction of sp³-hybridized carbons (Fsp3) is 0.333. The lowest BCUT2D eigenvalue weighted by molar-refractivity contribution is -0.140. The van der Waals surface area contributed by atoms with Crippen LogP contribution in [0, 0.1) is 0 Å². The molecule has 2 aromatic carbocycles. The molecule has 0 amide bonds. The van der Waals surface area contributed by atoms with Crippen molar-refractivity contribution in [2.24, 2.45) is 0 Å². The number of hydrogen-bond donors (Lipinski definition) is 2. The highest BCUT2D eigenvalue weighted by atomic mass is 32.1. The van der Waals surface area contributed by atoms with Gasteiger partial charge in [-0.3, -0.25) is 4.79 Å². The second-order valence-electron chi connectivity index (χ2n) is 5.42. The molecule has 0 bridgehead atoms. The molecule has 0 heterocycles. The molecule has 0 atom stereocenters. The Morgan fingerprint density at radius 1 is 0.786 bits per heavy atom. The summed E-state index contributed by atoms with van der Waals surface area (Å²) in [6.07, 6.45) is 0. The smallest absolute Gasteiger partial charge is 0.302 e. The molecule has 0 radical (unpaired) electrons. The molecule has 0 spiro atoms. The minimum Gasteiger partial charge on any atom is -0.494 e. The van der Waals surface area contributed by atoms with Crippen molar-refractivity contribution in [3.8, 4) is 11.5 Å². The van der Waals surface area contributed by atoms with E-state index in [2.05, 4.69) is 15.4 Å². The molecule has 2 rings (SSSR count). The van der Waals surface area contributed by atoms with E-state index >= 15 is 0 Å². The van der Waals surface area contributed by atoms with Gasteiger partial charge in [0.05, 0.1) is 19.8 Å². The Labute approximate surface area is 172 Å². The minimum atomic E-state index is -0.211. The van der Waals surface area contributed by atoms with Gasteiger partial charge in [-0.25, -0.2) is 0 Å². The van der Waals surface area contributed by atoms with Crippen LogP contribution in [0.5, 0.6) is 11.5 Å². The number of carbonyl (C=O) groups is 1. The Morgan fingerprint density at radius 3 is 1.43 bits per heavy atom. The maximum Gasteiger partial charge on any atom is 0.302 e. The van der Waals surface area contributed by atoms with E-state index in [9.17, 15) is 4.79 Å². The number of benzene rings is 2. The molecular weight excluding hydrogens is 376 g/mol. The predicted molar refractivity (Wildman–Crippen MR) is 117 cm³/mol. The van der Waals surface area contributed by atoms with E-state index < -0.39 is 0 Å². The average Bonchev–Trinajstić information content (AvgIpc) is 2.66. The van der Waals surface area contributed by atoms with Gasteiger partial charge < -0.3 is 24.8 Å². The fourth-order valence-corrected chi connectivity index (χ4v) is 2.33. The predicted octanol–water partition coefficient (Wildman–Crippen LogP) is 4.86. The van der Waals surface area contributed by atoms with Gasteiger partial charge in [-0.1, -0.05) is 0 Å². The number of thiocarbonyl (C=S) groups is 1. The second-order valence-corrected chi connectivity index (χ2v) is 5.83. The largest absolute Gasteiger partial charge is 0.494 e. The van der Waals surface area contributed by atoms with Gasteiger partial charge in [0.2, 0.25) is 0 Å². The van der Waals surface area contributed by atoms with Crippen LogP contribution in [0.4, 0.5) is 11.4 Å². The van der Waals surface area contributed by atoms with Gasteiger partial charge in [0.15, 0.2) is 5.11 Å². The van der Waals surface area contributed by atoms with Crippen LogP contribution in [0.1, 0.15) is 27.7 Å². The molecule has 6 nitrogen and oxygen atoms in total. The van der Waals surface area contributed by atoms with Crippen LogP contribution in [-0.2, 0) is 9.53 Å². The van der Waals surface area contributed by atoms with E-state index in [4.69, 9.17) is 21.7 Å². The molecule has 0 aliphatic carbocycles. The van der Waals surface area contributed by atoms with Crippen LogP contribution in [0.2, 0.25) is 0 Å². The first-order chi connectivity index (χ1) is 13.5. The number of rotatable bonds is 7. The van der Waals surface area contributed by atoms with Crippen molar-refractivity contribution in [2.75, 3.05) is 30.5 Å². The number of anilines is 2. The van der Waals surface area contributed by atoms with Gasteiger partial charge in [0, 0.05) is 18.3 Å². The van der Waals surface area contributed by atoms with Gasteiger partial charge in [-0.15, -0.1) is 0 Å². The van der Waals surface area contributed by atoms with E-state index in [0.29, 0.717) is 24.9 Å². The normalized spacial score (nSPS) is 9.43. The van der Waals surface area contributed by atoms with Gasteiger partial charge in [0.25, 0.3) is 0 Å². The summed E-state index contributed by atoms with van der Waals surface area (Å²) in [6, 6.07) is 15.3. The number of hydrogen-bond acceptors (Lipinski definition) is 5. The molecule has 0 saturated heterocycles. The summed E-state index contributed by atoms with van der Waals surface area (Å²) in [5.74, 6) is 1.48. The first kappa shape index (κ1) is 23.2. The quantitative estimate of drug-likeness (QED) is 0.504. The van der Waals surface area contributed by atoms with E-state index in [0.717, 1.165) is 22.9 Å². The number of ether oxygens (including phenoxy) is 3. The summed E-state index contributed by atoms with van der Waals surface area (Å²) < 4.78 is 15.2. The Balaban J connectivity index is 0.000000568. The molecule has 2 aromatic rings. The maximum absolute atomic E-state index is 9.82. The third-order valence-electron chi connectivity index (χ3n) is 3.19. The van der Waals surface area contributed by atoms with Crippen molar-refractivity contribution >= 4 is 34.7 Å². The Bertz CT molecular complexity index is 665. The van der Waals surface area contributed by atoms with Gasteiger partial charge >= 0.3 is 5.97 Å². The molecule has 0 unspecified atom stereocenters. The summed E-state index contributed by atoms with van der Waals surface area (Å²) in [6.45, 7) is 8.89. The van der Waals surface area contributed by atoms with Crippen LogP contribution >= 0.6 is 12.2 Å². The van der Waals surface area contributed by atoms with Crippen LogP contribution in [0.3, 0.4) is 0 Å². The van der Waals surface area contributed by atoms with E-state index in [-0.39, 0.29) is 5.97 Å². The first-order valence-corrected chi connectivity index (χ1v) is 9.56. The molecule has 152 valence electrons. The molecule has 28 heavy (non-hydrogen) atoms. The van der Waals surface area contributed by atoms with Crippen molar-refractivity contribution < 1.29 is 19.0 Å². The Kier molecular flexibility index (Phi) is 11.1. The summed E-state index contributed by atoms with van der Waals surface area (Å²) in [5.41, 5.74) is 1.82. The van der Waals surface area contributed by atoms with Gasteiger partial charge in [0.1, 0.15) is 11.5 Å². The van der Waals surface area contributed by atoms with E-state index in [1.54, 1.807) is 6.92 Å². The van der Waals surface area contributed by atoms with Gasteiger partial charge in [-0.2, -0.15) is 0 Å². The monoisotopic (exact) mass is 404 g/mol. The maximum atomic E-state index is 9.82. The molecule has 0 aliphatic rings. The second kappa shape index (κ2) is 13.4. The number of esters is 1. The zero-order valence-electron chi connectivity index (χ0n) is 16.8. The lowest BCUT2D eigenvalue weighted by atomic mass is 10.3. The number of nitrogens with one attached hydrogen (secondary N) is 2. The summed E-state index contributed by atoms with van der Waals surface area (Å²) in [4.78, 5) is 9.82. The van der Waals surface area contributed by atoms with E-state index in [1.807, 2.05) is 62.4 Å². The van der Waals surface area contributed by atoms with Crippen LogP contribution < -0.4 is 20.1 Å². The van der Waals surface area contributed by atoms with E-state index in [1.165, 1.54) is 6.92 Å². The third-order valence-corrected chi connectivity index (χ3v) is 3.40. The summed E-state index contributed by atoms with van der Waals surface area (Å²) in [7, 11) is 0. The molecule has 0 aromatic heterocycles. The zero-order valence-corrected chi connectivity index (χ0v) is 17.6. The van der Waals surface area contributed by atoms with Crippen molar-refractivity contribution in [1.29, 1.82) is 0 Å². The SMILES string of the molecule is CCOC(C)=O.CCOc1ccc(NC(=S)Nc2ccc(OCC)cc2)cc1. The molecular formula is C21H28N2O4S. The van der Waals surface area contributed by atoms with Crippen molar-refractivity contribution in [3.05, 3.63) is 48.5 Å². The fourth-order valence-electron chi connectivity index (χ4n) is 2.10.